The molecule has 0 saturated carbocycles. The molecule has 1 aliphatic rings. The van der Waals surface area contributed by atoms with Gasteiger partial charge < -0.3 is 11.1 Å². The number of halogens is 1. The van der Waals surface area contributed by atoms with Crippen LogP contribution in [0.15, 0.2) is 30.5 Å². The molecular formula is C15H14ClN3O. The Morgan fingerprint density at radius 2 is 2.20 bits per heavy atom. The normalized spacial score (nSPS) is 13.4. The van der Waals surface area contributed by atoms with Crippen molar-refractivity contribution in [3.05, 3.63) is 52.2 Å². The molecule has 0 amide bonds. The maximum absolute atomic E-state index is 12.5. The van der Waals surface area contributed by atoms with E-state index in [9.17, 15) is 4.79 Å². The Kier molecular flexibility index (Phi) is 3.32. The lowest BCUT2D eigenvalue weighted by atomic mass is 9.97. The van der Waals surface area contributed by atoms with Gasteiger partial charge in [-0.1, -0.05) is 11.6 Å². The van der Waals surface area contributed by atoms with Crippen molar-refractivity contribution in [3.8, 4) is 0 Å². The van der Waals surface area contributed by atoms with Crippen LogP contribution in [0.2, 0.25) is 5.02 Å². The van der Waals surface area contributed by atoms with Crippen molar-refractivity contribution in [1.82, 2.24) is 4.98 Å². The fourth-order valence-electron chi connectivity index (χ4n) is 2.40. The second-order valence-electron chi connectivity index (χ2n) is 4.82. The first kappa shape index (κ1) is 12.9. The molecule has 0 saturated heterocycles. The number of nitrogens with zero attached hydrogens (tertiary/aromatic N) is 1. The van der Waals surface area contributed by atoms with Crippen LogP contribution in [0, 0.1) is 0 Å². The molecule has 0 fully saturated rings. The van der Waals surface area contributed by atoms with Gasteiger partial charge in [-0.2, -0.15) is 0 Å². The zero-order valence-corrected chi connectivity index (χ0v) is 11.6. The summed E-state index contributed by atoms with van der Waals surface area (Å²) in [7, 11) is 0. The predicted molar refractivity (Wildman–Crippen MR) is 80.3 cm³/mol. The largest absolute Gasteiger partial charge is 0.385 e. The zero-order chi connectivity index (χ0) is 14.1. The van der Waals surface area contributed by atoms with E-state index in [4.69, 9.17) is 17.3 Å². The Morgan fingerprint density at radius 3 is 3.05 bits per heavy atom. The lowest BCUT2D eigenvalue weighted by Gasteiger charge is -2.18. The maximum atomic E-state index is 12.5. The molecule has 0 bridgehead atoms. The van der Waals surface area contributed by atoms with Gasteiger partial charge in [-0.25, -0.2) is 4.98 Å². The molecule has 0 aliphatic carbocycles. The highest BCUT2D eigenvalue weighted by molar-refractivity contribution is 6.31. The van der Waals surface area contributed by atoms with Crippen LogP contribution in [-0.4, -0.2) is 17.3 Å². The number of aryl methyl sites for hydroxylation is 1. The monoisotopic (exact) mass is 287 g/mol. The number of fused-ring (bicyclic) bond motifs is 1. The number of nitrogens with two attached hydrogens (primary N) is 1. The minimum atomic E-state index is -0.147. The number of pyridine rings is 1. The minimum Gasteiger partial charge on any atom is -0.385 e. The number of hydrogen-bond acceptors (Lipinski definition) is 4. The number of carbonyl (C=O) groups is 1. The molecule has 102 valence electrons. The van der Waals surface area contributed by atoms with Crippen molar-refractivity contribution in [2.45, 2.75) is 12.8 Å². The first-order valence-corrected chi connectivity index (χ1v) is 6.85. The third-order valence-corrected chi connectivity index (χ3v) is 3.64. The summed E-state index contributed by atoms with van der Waals surface area (Å²) in [6.45, 7) is 0.978. The molecule has 2 aromatic rings. The lowest BCUT2D eigenvalue weighted by Crippen LogP contribution is -2.13. The van der Waals surface area contributed by atoms with E-state index in [0.29, 0.717) is 16.1 Å². The topological polar surface area (TPSA) is 68.0 Å². The first-order valence-electron chi connectivity index (χ1n) is 6.47. The molecule has 5 heteroatoms. The molecule has 4 nitrogen and oxygen atoms in total. The van der Waals surface area contributed by atoms with E-state index < -0.39 is 0 Å². The molecule has 20 heavy (non-hydrogen) atoms. The molecule has 0 unspecified atom stereocenters. The molecule has 0 atom stereocenters. The molecule has 3 rings (SSSR count). The quantitative estimate of drug-likeness (QED) is 0.834. The number of nitrogen functional groups attached to an aromatic ring is 1. The van der Waals surface area contributed by atoms with Crippen LogP contribution >= 0.6 is 11.6 Å². The van der Waals surface area contributed by atoms with Gasteiger partial charge in [0.2, 0.25) is 0 Å². The van der Waals surface area contributed by atoms with Crippen LogP contribution in [0.3, 0.4) is 0 Å². The van der Waals surface area contributed by atoms with Gasteiger partial charge in [-0.3, -0.25) is 4.79 Å². The third kappa shape index (κ3) is 2.34. The molecular weight excluding hydrogens is 274 g/mol. The lowest BCUT2D eigenvalue weighted by molar-refractivity contribution is 0.103. The van der Waals surface area contributed by atoms with E-state index in [1.54, 1.807) is 12.1 Å². The number of aromatic nitrogens is 1. The van der Waals surface area contributed by atoms with Crippen molar-refractivity contribution >= 4 is 28.9 Å². The average molecular weight is 288 g/mol. The molecule has 3 N–H and O–H groups in total. The Balaban J connectivity index is 2.00. The number of anilines is 2. The highest BCUT2D eigenvalue weighted by Crippen LogP contribution is 2.25. The van der Waals surface area contributed by atoms with Gasteiger partial charge >= 0.3 is 0 Å². The Labute approximate surface area is 122 Å². The van der Waals surface area contributed by atoms with Crippen molar-refractivity contribution in [1.29, 1.82) is 0 Å². The van der Waals surface area contributed by atoms with E-state index in [0.717, 1.165) is 30.6 Å². The number of benzene rings is 1. The van der Waals surface area contributed by atoms with Crippen molar-refractivity contribution in [2.75, 3.05) is 17.6 Å². The van der Waals surface area contributed by atoms with Crippen LogP contribution in [0.4, 0.5) is 11.5 Å². The van der Waals surface area contributed by atoms with Crippen LogP contribution in [0.25, 0.3) is 0 Å². The molecule has 0 spiro atoms. The molecule has 2 heterocycles. The summed E-state index contributed by atoms with van der Waals surface area (Å²) in [6.07, 6.45) is 3.49. The number of ketones is 1. The van der Waals surface area contributed by atoms with E-state index in [1.807, 2.05) is 12.1 Å². The summed E-state index contributed by atoms with van der Waals surface area (Å²) in [5.41, 5.74) is 8.99. The number of rotatable bonds is 2. The second-order valence-corrected chi connectivity index (χ2v) is 5.25. The SMILES string of the molecule is Nc1ncc(Cl)cc1C(=O)c1ccc2c(c1)CCCN2. The van der Waals surface area contributed by atoms with Crippen LogP contribution in [-0.2, 0) is 6.42 Å². The summed E-state index contributed by atoms with van der Waals surface area (Å²) in [4.78, 5) is 16.4. The average Bonchev–Trinajstić information content (AvgIpc) is 2.48. The number of nitrogens with one attached hydrogen (secondary N) is 1. The first-order chi connectivity index (χ1) is 9.65. The van der Waals surface area contributed by atoms with Gasteiger partial charge in [0.15, 0.2) is 5.78 Å². The highest BCUT2D eigenvalue weighted by atomic mass is 35.5. The van der Waals surface area contributed by atoms with Gasteiger partial charge in [0.1, 0.15) is 5.82 Å². The van der Waals surface area contributed by atoms with Crippen molar-refractivity contribution < 1.29 is 4.79 Å². The van der Waals surface area contributed by atoms with E-state index in [2.05, 4.69) is 10.3 Å². The molecule has 1 aromatic carbocycles. The van der Waals surface area contributed by atoms with Crippen molar-refractivity contribution in [2.24, 2.45) is 0 Å². The van der Waals surface area contributed by atoms with Gasteiger partial charge in [0.25, 0.3) is 0 Å². The smallest absolute Gasteiger partial charge is 0.196 e. The van der Waals surface area contributed by atoms with Crippen molar-refractivity contribution in [3.63, 3.8) is 0 Å². The summed E-state index contributed by atoms with van der Waals surface area (Å²) in [6, 6.07) is 7.23. The fourth-order valence-corrected chi connectivity index (χ4v) is 2.56. The van der Waals surface area contributed by atoms with Gasteiger partial charge in [-0.05, 0) is 42.7 Å². The van der Waals surface area contributed by atoms with Gasteiger partial charge in [0, 0.05) is 24.0 Å². The summed E-state index contributed by atoms with van der Waals surface area (Å²) in [5, 5.41) is 3.72. The Morgan fingerprint density at radius 1 is 1.35 bits per heavy atom. The Hall–Kier alpha value is -2.07. The van der Waals surface area contributed by atoms with Crippen LogP contribution in [0.1, 0.15) is 27.9 Å². The predicted octanol–water partition coefficient (Wildman–Crippen LogP) is 2.91. The third-order valence-electron chi connectivity index (χ3n) is 3.44. The van der Waals surface area contributed by atoms with Crippen LogP contribution in [0.5, 0.6) is 0 Å². The second kappa shape index (κ2) is 5.13. The van der Waals surface area contributed by atoms with Gasteiger partial charge in [0.05, 0.1) is 10.6 Å². The summed E-state index contributed by atoms with van der Waals surface area (Å²) in [5.74, 6) is 0.0566. The van der Waals surface area contributed by atoms with Crippen LogP contribution < -0.4 is 11.1 Å². The number of hydrogen-bond donors (Lipinski definition) is 2. The minimum absolute atomic E-state index is 0.147. The fraction of sp³-hybridized carbons (Fsp3) is 0.200. The maximum Gasteiger partial charge on any atom is 0.196 e. The summed E-state index contributed by atoms with van der Waals surface area (Å²) < 4.78 is 0. The molecule has 1 aromatic heterocycles. The van der Waals surface area contributed by atoms with E-state index >= 15 is 0 Å². The van der Waals surface area contributed by atoms with E-state index in [1.165, 1.54) is 6.20 Å². The molecule has 1 aliphatic heterocycles. The number of carbonyl (C=O) groups excluding carboxylic acids is 1. The Bertz CT molecular complexity index is 685. The highest BCUT2D eigenvalue weighted by Gasteiger charge is 2.16. The van der Waals surface area contributed by atoms with E-state index in [-0.39, 0.29) is 11.6 Å². The zero-order valence-electron chi connectivity index (χ0n) is 10.8. The van der Waals surface area contributed by atoms with Gasteiger partial charge in [-0.15, -0.1) is 0 Å². The summed E-state index contributed by atoms with van der Waals surface area (Å²) >= 11 is 5.88. The molecule has 0 radical (unpaired) electrons. The standard InChI is InChI=1S/C15H14ClN3O/c16-11-7-12(15(17)19-8-11)14(20)10-3-4-13-9(6-10)2-1-5-18-13/h3-4,6-8,18H,1-2,5H2,(H2,17,19).